The van der Waals surface area contributed by atoms with Crippen molar-refractivity contribution in [1.82, 2.24) is 9.80 Å². The van der Waals surface area contributed by atoms with Gasteiger partial charge in [0.15, 0.2) is 0 Å². The number of β-amino-alcohol motifs (C(OH)–C–C–N with tert-alkyl or cyclic N) is 1. The number of hydrogen-bond donors (Lipinski definition) is 1. The first-order valence-corrected chi connectivity index (χ1v) is 8.60. The fraction of sp³-hybridized carbons (Fsp3) is 0.611. The summed E-state index contributed by atoms with van der Waals surface area (Å²) in [5.41, 5.74) is -0.486. The molecule has 4 nitrogen and oxygen atoms in total. The molecular formula is C18H23F3N2O2. The Balaban J connectivity index is 1.69. The second-order valence-corrected chi connectivity index (χ2v) is 7.12. The number of amides is 1. The zero-order valence-corrected chi connectivity index (χ0v) is 14.2. The number of carbonyl (C=O) groups excluding carboxylic acids is 1. The number of hydrogen-bond acceptors (Lipinski definition) is 3. The fourth-order valence-corrected chi connectivity index (χ4v) is 3.52. The lowest BCUT2D eigenvalue weighted by molar-refractivity contribution is -0.137. The Morgan fingerprint density at radius 3 is 2.32 bits per heavy atom. The van der Waals surface area contributed by atoms with Crippen LogP contribution in [-0.4, -0.2) is 59.6 Å². The van der Waals surface area contributed by atoms with Crippen LogP contribution in [0, 0.1) is 5.92 Å². The quantitative estimate of drug-likeness (QED) is 0.882. The summed E-state index contributed by atoms with van der Waals surface area (Å²) in [6, 6.07) is 4.41. The highest BCUT2D eigenvalue weighted by Gasteiger charge is 2.37. The van der Waals surface area contributed by atoms with Gasteiger partial charge in [0, 0.05) is 38.3 Å². The number of benzene rings is 1. The molecule has 0 unspecified atom stereocenters. The molecule has 25 heavy (non-hydrogen) atoms. The molecule has 0 spiro atoms. The Labute approximate surface area is 145 Å². The molecule has 1 aliphatic carbocycles. The minimum absolute atomic E-state index is 0.0241. The molecule has 0 aromatic heterocycles. The third-order valence-electron chi connectivity index (χ3n) is 5.35. The summed E-state index contributed by atoms with van der Waals surface area (Å²) in [6.45, 7) is 1.93. The third kappa shape index (κ3) is 3.98. The van der Waals surface area contributed by atoms with E-state index in [9.17, 15) is 23.1 Å². The van der Waals surface area contributed by atoms with Crippen molar-refractivity contribution < 1.29 is 23.1 Å². The van der Waals surface area contributed by atoms with Crippen LogP contribution in [0.3, 0.4) is 0 Å². The minimum Gasteiger partial charge on any atom is -0.390 e. The molecule has 1 atom stereocenters. The van der Waals surface area contributed by atoms with Gasteiger partial charge in [0.1, 0.15) is 0 Å². The van der Waals surface area contributed by atoms with Gasteiger partial charge in [0.25, 0.3) is 5.91 Å². The van der Waals surface area contributed by atoms with E-state index in [1.54, 1.807) is 11.9 Å². The van der Waals surface area contributed by atoms with Crippen LogP contribution in [0.25, 0.3) is 0 Å². The lowest BCUT2D eigenvalue weighted by Crippen LogP contribution is -2.58. The molecule has 138 valence electrons. The number of aliphatic hydroxyl groups is 1. The van der Waals surface area contributed by atoms with Crippen LogP contribution in [0.15, 0.2) is 24.3 Å². The first-order valence-electron chi connectivity index (χ1n) is 8.60. The van der Waals surface area contributed by atoms with Crippen LogP contribution < -0.4 is 0 Å². The van der Waals surface area contributed by atoms with Gasteiger partial charge in [-0.2, -0.15) is 13.2 Å². The molecule has 7 heteroatoms. The van der Waals surface area contributed by atoms with E-state index < -0.39 is 11.7 Å². The Morgan fingerprint density at radius 1 is 1.28 bits per heavy atom. The molecule has 2 fully saturated rings. The van der Waals surface area contributed by atoms with E-state index in [0.29, 0.717) is 25.6 Å². The van der Waals surface area contributed by atoms with E-state index in [-0.39, 0.29) is 23.6 Å². The van der Waals surface area contributed by atoms with Gasteiger partial charge in [-0.1, -0.05) is 6.42 Å². The fourth-order valence-electron chi connectivity index (χ4n) is 3.52. The Hall–Kier alpha value is -1.60. The Kier molecular flexibility index (Phi) is 5.06. The molecule has 3 rings (SSSR count). The maximum Gasteiger partial charge on any atom is 0.416 e. The van der Waals surface area contributed by atoms with Crippen LogP contribution in [0.5, 0.6) is 0 Å². The molecular weight excluding hydrogens is 333 g/mol. The molecule has 2 aliphatic rings. The van der Waals surface area contributed by atoms with Crippen molar-refractivity contribution in [3.8, 4) is 0 Å². The lowest BCUT2D eigenvalue weighted by atomic mass is 9.78. The van der Waals surface area contributed by atoms with E-state index in [4.69, 9.17) is 0 Å². The van der Waals surface area contributed by atoms with Crippen molar-refractivity contribution in [2.45, 2.75) is 37.6 Å². The van der Waals surface area contributed by atoms with Gasteiger partial charge in [0.2, 0.25) is 0 Å². The standard InChI is InChI=1S/C18H23F3N2O2/c1-22(16(12-3-2-4-12)11-23-9-15(24)10-23)17(25)13-5-7-14(8-6-13)18(19,20)21/h5-8,12,15-16,24H,2-4,9-11H2,1H3/t16-/m1/s1. The maximum atomic E-state index is 12.7. The number of rotatable bonds is 5. The number of likely N-dealkylation sites (tertiary alicyclic amines) is 1. The van der Waals surface area contributed by atoms with Gasteiger partial charge in [-0.3, -0.25) is 9.69 Å². The zero-order chi connectivity index (χ0) is 18.2. The number of alkyl halides is 3. The molecule has 1 amide bonds. The van der Waals surface area contributed by atoms with E-state index in [1.165, 1.54) is 12.1 Å². The highest BCUT2D eigenvalue weighted by Crippen LogP contribution is 2.34. The van der Waals surface area contributed by atoms with E-state index in [1.807, 2.05) is 0 Å². The first-order chi connectivity index (χ1) is 11.8. The van der Waals surface area contributed by atoms with Gasteiger partial charge in [-0.25, -0.2) is 0 Å². The molecule has 0 bridgehead atoms. The molecule has 1 aliphatic heterocycles. The summed E-state index contributed by atoms with van der Waals surface area (Å²) in [4.78, 5) is 16.5. The van der Waals surface area contributed by atoms with Gasteiger partial charge in [0.05, 0.1) is 11.7 Å². The van der Waals surface area contributed by atoms with Gasteiger partial charge >= 0.3 is 6.18 Å². The smallest absolute Gasteiger partial charge is 0.390 e. The summed E-state index contributed by atoms with van der Waals surface area (Å²) in [7, 11) is 1.72. The van der Waals surface area contributed by atoms with Gasteiger partial charge in [-0.15, -0.1) is 0 Å². The molecule has 0 radical (unpaired) electrons. The average molecular weight is 356 g/mol. The van der Waals surface area contributed by atoms with Crippen molar-refractivity contribution >= 4 is 5.91 Å². The topological polar surface area (TPSA) is 43.8 Å². The summed E-state index contributed by atoms with van der Waals surface area (Å²) in [5.74, 6) is 0.160. The summed E-state index contributed by atoms with van der Waals surface area (Å²) in [6.07, 6.45) is -1.43. The highest BCUT2D eigenvalue weighted by atomic mass is 19.4. The Morgan fingerprint density at radius 2 is 1.88 bits per heavy atom. The lowest BCUT2D eigenvalue weighted by Gasteiger charge is -2.45. The van der Waals surface area contributed by atoms with Gasteiger partial charge in [-0.05, 0) is 43.0 Å². The van der Waals surface area contributed by atoms with Crippen LogP contribution in [0.2, 0.25) is 0 Å². The highest BCUT2D eigenvalue weighted by molar-refractivity contribution is 5.94. The second-order valence-electron chi connectivity index (χ2n) is 7.12. The van der Waals surface area contributed by atoms with E-state index in [2.05, 4.69) is 4.90 Å². The van der Waals surface area contributed by atoms with Crippen molar-refractivity contribution in [1.29, 1.82) is 0 Å². The molecule has 1 N–H and O–H groups in total. The largest absolute Gasteiger partial charge is 0.416 e. The van der Waals surface area contributed by atoms with E-state index in [0.717, 1.165) is 31.4 Å². The van der Waals surface area contributed by atoms with E-state index >= 15 is 0 Å². The number of likely N-dealkylation sites (N-methyl/N-ethyl adjacent to an activating group) is 1. The molecule has 1 saturated heterocycles. The Bertz CT molecular complexity index is 608. The number of carbonyl (C=O) groups is 1. The number of nitrogens with zero attached hydrogens (tertiary/aromatic N) is 2. The number of aliphatic hydroxyl groups excluding tert-OH is 1. The summed E-state index contributed by atoms with van der Waals surface area (Å²) < 4.78 is 38.0. The zero-order valence-electron chi connectivity index (χ0n) is 14.2. The monoisotopic (exact) mass is 356 g/mol. The van der Waals surface area contributed by atoms with Crippen LogP contribution >= 0.6 is 0 Å². The van der Waals surface area contributed by atoms with Crippen molar-refractivity contribution in [3.63, 3.8) is 0 Å². The number of halogens is 3. The van der Waals surface area contributed by atoms with Crippen molar-refractivity contribution in [3.05, 3.63) is 35.4 Å². The van der Waals surface area contributed by atoms with Crippen LogP contribution in [0.1, 0.15) is 35.2 Å². The predicted molar refractivity (Wildman–Crippen MR) is 87.1 cm³/mol. The first kappa shape index (κ1) is 18.2. The van der Waals surface area contributed by atoms with Gasteiger partial charge < -0.3 is 10.0 Å². The normalized spacial score (nSPS) is 20.7. The molecule has 1 heterocycles. The molecule has 1 aromatic rings. The maximum absolute atomic E-state index is 12.7. The molecule has 1 aromatic carbocycles. The van der Waals surface area contributed by atoms with Crippen LogP contribution in [-0.2, 0) is 6.18 Å². The summed E-state index contributed by atoms with van der Waals surface area (Å²) in [5, 5.41) is 9.44. The summed E-state index contributed by atoms with van der Waals surface area (Å²) >= 11 is 0. The predicted octanol–water partition coefficient (Wildman–Crippen LogP) is 2.62. The minimum atomic E-state index is -4.40. The van der Waals surface area contributed by atoms with Crippen molar-refractivity contribution in [2.75, 3.05) is 26.7 Å². The second kappa shape index (κ2) is 6.96. The average Bonchev–Trinajstić information content (AvgIpc) is 2.48. The third-order valence-corrected chi connectivity index (χ3v) is 5.35. The van der Waals surface area contributed by atoms with Crippen molar-refractivity contribution in [2.24, 2.45) is 5.92 Å². The SMILES string of the molecule is CN(C(=O)c1ccc(C(F)(F)F)cc1)[C@H](CN1CC(O)C1)C1CCC1. The van der Waals surface area contributed by atoms with Crippen LogP contribution in [0.4, 0.5) is 13.2 Å². The molecule has 1 saturated carbocycles.